The van der Waals surface area contributed by atoms with Gasteiger partial charge in [-0.1, -0.05) is 98.0 Å². The van der Waals surface area contributed by atoms with Crippen LogP contribution in [-0.4, -0.2) is 62.2 Å². The Hall–Kier alpha value is -5.75. The Kier molecular flexibility index (Phi) is 11.3. The van der Waals surface area contributed by atoms with Crippen LogP contribution in [0.5, 0.6) is 5.75 Å². The molecule has 0 unspecified atom stereocenters. The summed E-state index contributed by atoms with van der Waals surface area (Å²) in [4.78, 5) is 45.9. The molecule has 4 N–H and O–H groups in total. The van der Waals surface area contributed by atoms with Crippen LogP contribution >= 0.6 is 0 Å². The number of aliphatic hydroxyl groups is 1. The quantitative estimate of drug-likeness (QED) is 0.0894. The number of para-hydroxylation sites is 1. The highest BCUT2D eigenvalue weighted by Crippen LogP contribution is 2.60. The smallest absolute Gasteiger partial charge is 0.264 e. The van der Waals surface area contributed by atoms with E-state index in [1.165, 1.54) is 5.19 Å². The lowest BCUT2D eigenvalue weighted by atomic mass is 9.82. The number of ether oxygens (including phenoxy) is 2. The van der Waals surface area contributed by atoms with Crippen LogP contribution in [0, 0.1) is 5.92 Å². The zero-order valence-corrected chi connectivity index (χ0v) is 33.9. The molecule has 294 valence electrons. The lowest BCUT2D eigenvalue weighted by Crippen LogP contribution is -2.52. The van der Waals surface area contributed by atoms with Crippen molar-refractivity contribution in [1.82, 2.24) is 4.90 Å². The predicted molar refractivity (Wildman–Crippen MR) is 226 cm³/mol. The summed E-state index contributed by atoms with van der Waals surface area (Å²) in [5, 5.41) is 14.1. The molecule has 1 spiro atoms. The largest absolute Gasteiger partial charge is 0.497 e. The van der Waals surface area contributed by atoms with Crippen LogP contribution in [0.4, 0.5) is 17.1 Å². The molecule has 0 aromatic heterocycles. The summed E-state index contributed by atoms with van der Waals surface area (Å²) in [6, 6.07) is 39.9. The van der Waals surface area contributed by atoms with Gasteiger partial charge in [0.05, 0.1) is 46.5 Å². The van der Waals surface area contributed by atoms with Gasteiger partial charge in [-0.05, 0) is 71.3 Å². The maximum absolute atomic E-state index is 15.2. The van der Waals surface area contributed by atoms with Gasteiger partial charge >= 0.3 is 0 Å². The molecule has 11 heteroatoms. The molecule has 7 rings (SSSR count). The number of benzene rings is 5. The van der Waals surface area contributed by atoms with Gasteiger partial charge in [-0.15, -0.1) is 0 Å². The Morgan fingerprint density at radius 2 is 1.56 bits per heavy atom. The number of amides is 3. The molecule has 2 heterocycles. The first-order valence-electron chi connectivity index (χ1n) is 19.4. The van der Waals surface area contributed by atoms with Crippen molar-refractivity contribution in [3.05, 3.63) is 150 Å². The molecule has 2 aliphatic heterocycles. The molecule has 5 aromatic rings. The number of carbonyl (C=O) groups excluding carboxylic acids is 3. The summed E-state index contributed by atoms with van der Waals surface area (Å²) in [6.07, 6.45) is -0.510. The number of nitrogens with one attached hydrogen (secondary N) is 1. The Bertz CT molecular complexity index is 2220. The van der Waals surface area contributed by atoms with Gasteiger partial charge in [0.15, 0.2) is 5.60 Å². The standard InChI is InChI=1S/C46H50N4O6Si/c1-31-43(57(3,4)38-24-22-37(55-2)23-25-38)41(28-42(52)49(26-27-51)29-32-10-6-5-7-11-32)56-46(31)39-12-8-9-13-40(39)50(45(46)54)30-33-14-20-36(21-15-33)48-44(53)34-16-18-35(47)19-17-34/h5-25,31,41,43,51H,26-30,47H2,1-4H3,(H,48,53)/t31-,41+,43-,46+/m1/s1. The van der Waals surface area contributed by atoms with Gasteiger partial charge in [0.2, 0.25) is 5.91 Å². The number of nitrogens with two attached hydrogens (primary N) is 1. The number of nitrogens with zero attached hydrogens (tertiary/aromatic N) is 2. The molecular weight excluding hydrogens is 733 g/mol. The molecule has 0 saturated carbocycles. The minimum absolute atomic E-state index is 0.0647. The van der Waals surface area contributed by atoms with E-state index in [-0.39, 0.29) is 55.3 Å². The molecule has 0 bridgehead atoms. The molecule has 1 fully saturated rings. The lowest BCUT2D eigenvalue weighted by molar-refractivity contribution is -0.150. The highest BCUT2D eigenvalue weighted by atomic mass is 28.3. The molecular formula is C46H50N4O6Si. The normalized spacial score (nSPS) is 20.1. The fraction of sp³-hybridized carbons (Fsp3) is 0.283. The lowest BCUT2D eigenvalue weighted by Gasteiger charge is -2.37. The van der Waals surface area contributed by atoms with E-state index in [9.17, 15) is 14.7 Å². The molecule has 5 aromatic carbocycles. The topological polar surface area (TPSA) is 134 Å². The number of hydrogen-bond acceptors (Lipinski definition) is 7. The number of anilines is 3. The highest BCUT2D eigenvalue weighted by molar-refractivity contribution is 6.91. The van der Waals surface area contributed by atoms with Crippen molar-refractivity contribution in [2.45, 2.75) is 56.8 Å². The molecule has 2 aliphatic rings. The summed E-state index contributed by atoms with van der Waals surface area (Å²) in [5.74, 6) is -0.0671. The third-order valence-corrected chi connectivity index (χ3v) is 16.1. The zero-order chi connectivity index (χ0) is 40.3. The number of rotatable bonds is 13. The first-order chi connectivity index (χ1) is 27.5. The zero-order valence-electron chi connectivity index (χ0n) is 32.9. The van der Waals surface area contributed by atoms with Crippen molar-refractivity contribution in [1.29, 1.82) is 0 Å². The van der Waals surface area contributed by atoms with Gasteiger partial charge < -0.3 is 35.4 Å². The molecule has 0 radical (unpaired) electrons. The first-order valence-corrected chi connectivity index (χ1v) is 22.5. The van der Waals surface area contributed by atoms with E-state index in [4.69, 9.17) is 15.2 Å². The Labute approximate surface area is 335 Å². The van der Waals surface area contributed by atoms with E-state index >= 15 is 4.79 Å². The summed E-state index contributed by atoms with van der Waals surface area (Å²) in [5.41, 5.74) is 9.45. The monoisotopic (exact) mass is 782 g/mol. The fourth-order valence-corrected chi connectivity index (χ4v) is 12.9. The average Bonchev–Trinajstić information content (AvgIpc) is 3.65. The van der Waals surface area contributed by atoms with Gasteiger partial charge in [-0.2, -0.15) is 0 Å². The third kappa shape index (κ3) is 7.70. The molecule has 1 saturated heterocycles. The van der Waals surface area contributed by atoms with E-state index < -0.39 is 19.8 Å². The molecule has 4 atom stereocenters. The van der Waals surface area contributed by atoms with Crippen molar-refractivity contribution >= 4 is 48.0 Å². The highest BCUT2D eigenvalue weighted by Gasteiger charge is 2.66. The van der Waals surface area contributed by atoms with Gasteiger partial charge in [-0.25, -0.2) is 0 Å². The first kappa shape index (κ1) is 39.5. The molecule has 3 amide bonds. The van der Waals surface area contributed by atoms with Gasteiger partial charge in [0.25, 0.3) is 11.8 Å². The van der Waals surface area contributed by atoms with Crippen LogP contribution in [0.2, 0.25) is 18.6 Å². The van der Waals surface area contributed by atoms with Crippen LogP contribution < -0.4 is 25.9 Å². The third-order valence-electron chi connectivity index (χ3n) is 11.8. The maximum atomic E-state index is 15.2. The minimum Gasteiger partial charge on any atom is -0.497 e. The summed E-state index contributed by atoms with van der Waals surface area (Å²) in [7, 11) is -0.856. The van der Waals surface area contributed by atoms with Gasteiger partial charge in [0.1, 0.15) is 5.75 Å². The molecule has 0 aliphatic carbocycles. The van der Waals surface area contributed by atoms with E-state index in [0.29, 0.717) is 23.5 Å². The van der Waals surface area contributed by atoms with Crippen LogP contribution in [0.25, 0.3) is 0 Å². The second-order valence-corrected chi connectivity index (χ2v) is 20.3. The van der Waals surface area contributed by atoms with E-state index in [1.54, 1.807) is 41.2 Å². The Morgan fingerprint density at radius 1 is 0.895 bits per heavy atom. The van der Waals surface area contributed by atoms with Crippen LogP contribution in [0.15, 0.2) is 127 Å². The number of methoxy groups -OCH3 is 1. The Balaban J connectivity index is 1.20. The summed E-state index contributed by atoms with van der Waals surface area (Å²) < 4.78 is 12.7. The number of carbonyl (C=O) groups is 3. The van der Waals surface area contributed by atoms with E-state index in [0.717, 1.165) is 28.1 Å². The maximum Gasteiger partial charge on any atom is 0.264 e. The summed E-state index contributed by atoms with van der Waals surface area (Å²) in [6.45, 7) is 7.36. The predicted octanol–water partition coefficient (Wildman–Crippen LogP) is 6.70. The fourth-order valence-electron chi connectivity index (χ4n) is 8.86. The van der Waals surface area contributed by atoms with E-state index in [2.05, 4.69) is 37.5 Å². The Morgan fingerprint density at radius 3 is 2.23 bits per heavy atom. The van der Waals surface area contributed by atoms with Crippen molar-refractivity contribution in [2.24, 2.45) is 5.92 Å². The summed E-state index contributed by atoms with van der Waals surface area (Å²) >= 11 is 0. The second-order valence-electron chi connectivity index (χ2n) is 15.6. The average molecular weight is 783 g/mol. The second kappa shape index (κ2) is 16.4. The van der Waals surface area contributed by atoms with Gasteiger partial charge in [-0.3, -0.25) is 14.4 Å². The number of nitrogen functional groups attached to an aromatic ring is 1. The minimum atomic E-state index is -2.50. The van der Waals surface area contributed by atoms with Crippen molar-refractivity contribution in [2.75, 3.05) is 36.2 Å². The number of aliphatic hydroxyl groups excluding tert-OH is 1. The van der Waals surface area contributed by atoms with E-state index in [1.807, 2.05) is 91.0 Å². The van der Waals surface area contributed by atoms with Crippen LogP contribution in [0.1, 0.15) is 40.4 Å². The number of fused-ring (bicyclic) bond motifs is 2. The number of hydrogen-bond donors (Lipinski definition) is 3. The SMILES string of the molecule is COc1ccc([Si](C)(C)[C@H]2[C@H](CC(=O)N(CCO)Cc3ccccc3)O[C@@]3(C(=O)N(Cc4ccc(NC(=O)c5ccc(N)cc5)cc4)c4ccccc43)[C@@H]2C)cc1. The molecule has 10 nitrogen and oxygen atoms in total. The van der Waals surface area contributed by atoms with Crippen LogP contribution in [-0.2, 0) is 33.0 Å². The molecule has 57 heavy (non-hydrogen) atoms. The van der Waals surface area contributed by atoms with Crippen molar-refractivity contribution < 1.29 is 29.0 Å². The van der Waals surface area contributed by atoms with Gasteiger partial charge in [0, 0.05) is 41.5 Å². The van der Waals surface area contributed by atoms with Crippen molar-refractivity contribution in [3.63, 3.8) is 0 Å². The van der Waals surface area contributed by atoms with Crippen LogP contribution in [0.3, 0.4) is 0 Å². The van der Waals surface area contributed by atoms with Crippen molar-refractivity contribution in [3.8, 4) is 5.75 Å².